The standard InChI is InChI=1S/C20H21ClN2O3/c1-13(16-8-2-3-9-17(16)21)22-19(24)14-6-4-7-15(12-14)23-20(25)18-10-5-11-26-18/h2-4,6-9,12-13,18H,5,10-11H2,1H3,(H,22,24)(H,23,25). The SMILES string of the molecule is CC(NC(=O)c1cccc(NC(=O)C2CCCO2)c1)c1ccccc1Cl. The number of carbonyl (C=O) groups is 2. The Kier molecular flexibility index (Phi) is 5.91. The zero-order valence-electron chi connectivity index (χ0n) is 14.5. The average molecular weight is 373 g/mol. The van der Waals surface area contributed by atoms with Gasteiger partial charge in [0.1, 0.15) is 6.10 Å². The van der Waals surface area contributed by atoms with Crippen molar-refractivity contribution in [3.8, 4) is 0 Å². The smallest absolute Gasteiger partial charge is 0.253 e. The summed E-state index contributed by atoms with van der Waals surface area (Å²) in [5.41, 5.74) is 1.89. The van der Waals surface area contributed by atoms with Crippen LogP contribution < -0.4 is 10.6 Å². The molecular weight excluding hydrogens is 352 g/mol. The summed E-state index contributed by atoms with van der Waals surface area (Å²) < 4.78 is 5.37. The number of halogens is 1. The Morgan fingerprint density at radius 1 is 1.19 bits per heavy atom. The summed E-state index contributed by atoms with van der Waals surface area (Å²) in [4.78, 5) is 24.7. The van der Waals surface area contributed by atoms with Crippen molar-refractivity contribution in [1.29, 1.82) is 0 Å². The fourth-order valence-corrected chi connectivity index (χ4v) is 3.23. The number of ether oxygens (including phenoxy) is 1. The molecule has 0 spiro atoms. The van der Waals surface area contributed by atoms with Gasteiger partial charge in [0.25, 0.3) is 11.8 Å². The Hall–Kier alpha value is -2.37. The van der Waals surface area contributed by atoms with E-state index in [1.165, 1.54) is 0 Å². The van der Waals surface area contributed by atoms with Gasteiger partial charge in [-0.25, -0.2) is 0 Å². The molecule has 1 fully saturated rings. The lowest BCUT2D eigenvalue weighted by atomic mass is 10.1. The van der Waals surface area contributed by atoms with Crippen LogP contribution in [0.4, 0.5) is 5.69 Å². The van der Waals surface area contributed by atoms with Crippen molar-refractivity contribution in [2.24, 2.45) is 0 Å². The van der Waals surface area contributed by atoms with Gasteiger partial charge in [-0.05, 0) is 49.6 Å². The van der Waals surface area contributed by atoms with Gasteiger partial charge >= 0.3 is 0 Å². The first-order valence-corrected chi connectivity index (χ1v) is 9.00. The first kappa shape index (κ1) is 18.4. The van der Waals surface area contributed by atoms with Crippen LogP contribution in [0.25, 0.3) is 0 Å². The van der Waals surface area contributed by atoms with Crippen LogP contribution in [0.3, 0.4) is 0 Å². The topological polar surface area (TPSA) is 67.4 Å². The molecule has 2 aromatic rings. The van der Waals surface area contributed by atoms with E-state index in [0.717, 1.165) is 18.4 Å². The minimum atomic E-state index is -0.410. The lowest BCUT2D eigenvalue weighted by Gasteiger charge is -2.16. The monoisotopic (exact) mass is 372 g/mol. The first-order valence-electron chi connectivity index (χ1n) is 8.62. The molecule has 0 bridgehead atoms. The van der Waals surface area contributed by atoms with Gasteiger partial charge in [0.2, 0.25) is 0 Å². The molecular formula is C20H21ClN2O3. The number of anilines is 1. The normalized spacial score (nSPS) is 17.5. The third kappa shape index (κ3) is 4.42. The Bertz CT molecular complexity index is 803. The van der Waals surface area contributed by atoms with E-state index in [9.17, 15) is 9.59 Å². The summed E-state index contributed by atoms with van der Waals surface area (Å²) >= 11 is 6.18. The second kappa shape index (κ2) is 8.34. The molecule has 3 rings (SSSR count). The third-order valence-electron chi connectivity index (χ3n) is 4.33. The average Bonchev–Trinajstić information content (AvgIpc) is 3.17. The Labute approximate surface area is 157 Å². The van der Waals surface area contributed by atoms with E-state index in [2.05, 4.69) is 10.6 Å². The van der Waals surface area contributed by atoms with E-state index < -0.39 is 6.10 Å². The second-order valence-electron chi connectivity index (χ2n) is 6.29. The van der Waals surface area contributed by atoms with E-state index in [-0.39, 0.29) is 17.9 Å². The molecule has 136 valence electrons. The molecule has 26 heavy (non-hydrogen) atoms. The molecule has 2 amide bonds. The zero-order valence-corrected chi connectivity index (χ0v) is 15.3. The summed E-state index contributed by atoms with van der Waals surface area (Å²) in [6, 6.07) is 14.0. The van der Waals surface area contributed by atoms with Crippen LogP contribution >= 0.6 is 11.6 Å². The number of hydrogen-bond donors (Lipinski definition) is 2. The van der Waals surface area contributed by atoms with Crippen molar-refractivity contribution in [1.82, 2.24) is 5.32 Å². The van der Waals surface area contributed by atoms with Crippen LogP contribution in [0, 0.1) is 0 Å². The second-order valence-corrected chi connectivity index (χ2v) is 6.70. The van der Waals surface area contributed by atoms with Crippen molar-refractivity contribution in [3.05, 3.63) is 64.7 Å². The number of nitrogens with one attached hydrogen (secondary N) is 2. The summed E-state index contributed by atoms with van der Waals surface area (Å²) in [7, 11) is 0. The van der Waals surface area contributed by atoms with Crippen molar-refractivity contribution in [2.45, 2.75) is 31.9 Å². The van der Waals surface area contributed by atoms with Gasteiger partial charge in [0.05, 0.1) is 6.04 Å². The highest BCUT2D eigenvalue weighted by Gasteiger charge is 2.23. The first-order chi connectivity index (χ1) is 12.5. The number of hydrogen-bond acceptors (Lipinski definition) is 3. The van der Waals surface area contributed by atoms with E-state index in [1.807, 2.05) is 25.1 Å². The van der Waals surface area contributed by atoms with Crippen molar-refractivity contribution in [3.63, 3.8) is 0 Å². The number of carbonyl (C=O) groups excluding carboxylic acids is 2. The maximum absolute atomic E-state index is 12.5. The maximum atomic E-state index is 12.5. The molecule has 1 heterocycles. The van der Waals surface area contributed by atoms with Crippen LogP contribution in [-0.4, -0.2) is 24.5 Å². The molecule has 2 N–H and O–H groups in total. The van der Waals surface area contributed by atoms with Crippen LogP contribution in [0.1, 0.15) is 41.7 Å². The minimum absolute atomic E-state index is 0.176. The highest BCUT2D eigenvalue weighted by molar-refractivity contribution is 6.31. The quantitative estimate of drug-likeness (QED) is 0.835. The fourth-order valence-electron chi connectivity index (χ4n) is 2.93. The van der Waals surface area contributed by atoms with Gasteiger partial charge < -0.3 is 15.4 Å². The molecule has 0 aliphatic carbocycles. The molecule has 5 nitrogen and oxygen atoms in total. The van der Waals surface area contributed by atoms with E-state index in [0.29, 0.717) is 22.9 Å². The highest BCUT2D eigenvalue weighted by atomic mass is 35.5. The maximum Gasteiger partial charge on any atom is 0.253 e. The zero-order chi connectivity index (χ0) is 18.5. The molecule has 6 heteroatoms. The number of benzene rings is 2. The van der Waals surface area contributed by atoms with Gasteiger partial charge in [-0.15, -0.1) is 0 Å². The molecule has 1 aliphatic rings. The predicted octanol–water partition coefficient (Wildman–Crippen LogP) is 3.95. The van der Waals surface area contributed by atoms with E-state index >= 15 is 0 Å². The van der Waals surface area contributed by atoms with Gasteiger partial charge in [0.15, 0.2) is 0 Å². The molecule has 2 atom stereocenters. The summed E-state index contributed by atoms with van der Waals surface area (Å²) in [5, 5.41) is 6.35. The van der Waals surface area contributed by atoms with Crippen molar-refractivity contribution in [2.75, 3.05) is 11.9 Å². The Morgan fingerprint density at radius 3 is 2.73 bits per heavy atom. The molecule has 0 radical (unpaired) electrons. The van der Waals surface area contributed by atoms with Crippen molar-refractivity contribution >= 4 is 29.1 Å². The molecule has 1 saturated heterocycles. The van der Waals surface area contributed by atoms with E-state index in [4.69, 9.17) is 16.3 Å². The summed E-state index contributed by atoms with van der Waals surface area (Å²) in [6.45, 7) is 2.49. The van der Waals surface area contributed by atoms with Gasteiger partial charge in [-0.2, -0.15) is 0 Å². The van der Waals surface area contributed by atoms with Gasteiger partial charge in [-0.3, -0.25) is 9.59 Å². The molecule has 2 unspecified atom stereocenters. The van der Waals surface area contributed by atoms with E-state index in [1.54, 1.807) is 30.3 Å². The fraction of sp³-hybridized carbons (Fsp3) is 0.300. The van der Waals surface area contributed by atoms with Gasteiger partial charge in [-0.1, -0.05) is 35.9 Å². The predicted molar refractivity (Wildman–Crippen MR) is 101 cm³/mol. The Balaban J connectivity index is 1.66. The molecule has 0 aromatic heterocycles. The number of rotatable bonds is 5. The molecule has 0 saturated carbocycles. The van der Waals surface area contributed by atoms with Crippen LogP contribution in [-0.2, 0) is 9.53 Å². The largest absolute Gasteiger partial charge is 0.368 e. The lowest BCUT2D eigenvalue weighted by molar-refractivity contribution is -0.124. The minimum Gasteiger partial charge on any atom is -0.368 e. The van der Waals surface area contributed by atoms with Crippen LogP contribution in [0.15, 0.2) is 48.5 Å². The van der Waals surface area contributed by atoms with Crippen molar-refractivity contribution < 1.29 is 14.3 Å². The molecule has 2 aromatic carbocycles. The lowest BCUT2D eigenvalue weighted by Crippen LogP contribution is -2.28. The summed E-state index contributed by atoms with van der Waals surface area (Å²) in [5.74, 6) is -0.407. The highest BCUT2D eigenvalue weighted by Crippen LogP contribution is 2.23. The summed E-state index contributed by atoms with van der Waals surface area (Å²) in [6.07, 6.45) is 1.20. The Morgan fingerprint density at radius 2 is 2.00 bits per heavy atom. The van der Waals surface area contributed by atoms with Crippen LogP contribution in [0.5, 0.6) is 0 Å². The molecule has 1 aliphatic heterocycles. The number of amides is 2. The van der Waals surface area contributed by atoms with Crippen LogP contribution in [0.2, 0.25) is 5.02 Å². The van der Waals surface area contributed by atoms with Gasteiger partial charge in [0, 0.05) is 22.9 Å². The third-order valence-corrected chi connectivity index (χ3v) is 4.68.